The van der Waals surface area contributed by atoms with E-state index in [0.29, 0.717) is 12.1 Å². The molecular weight excluding hydrogens is 168 g/mol. The highest BCUT2D eigenvalue weighted by Crippen LogP contribution is 2.01. The van der Waals surface area contributed by atoms with E-state index in [1.807, 2.05) is 6.92 Å². The molecule has 0 unspecified atom stereocenters. The number of aromatic nitrogens is 2. The van der Waals surface area contributed by atoms with Crippen molar-refractivity contribution in [1.29, 1.82) is 0 Å². The average Bonchev–Trinajstić information content (AvgIpc) is 2.18. The molecule has 0 spiro atoms. The van der Waals surface area contributed by atoms with Crippen LogP contribution in [0.4, 0.5) is 5.69 Å². The first-order valence-corrected chi connectivity index (χ1v) is 4.05. The maximum atomic E-state index is 11.3. The summed E-state index contributed by atoms with van der Waals surface area (Å²) in [4.78, 5) is 18.8. The fourth-order valence-corrected chi connectivity index (χ4v) is 0.784. The van der Waals surface area contributed by atoms with Gasteiger partial charge < -0.3 is 11.1 Å². The van der Waals surface area contributed by atoms with Crippen molar-refractivity contribution in [2.45, 2.75) is 19.4 Å². The molecular formula is C8H12N4O. The molecule has 0 aliphatic heterocycles. The molecule has 1 rings (SSSR count). The predicted molar refractivity (Wildman–Crippen MR) is 48.9 cm³/mol. The Labute approximate surface area is 76.4 Å². The number of rotatable bonds is 3. The normalized spacial score (nSPS) is 12.2. The van der Waals surface area contributed by atoms with Gasteiger partial charge >= 0.3 is 0 Å². The van der Waals surface area contributed by atoms with E-state index in [1.54, 1.807) is 0 Å². The van der Waals surface area contributed by atoms with Crippen molar-refractivity contribution in [2.75, 3.05) is 5.32 Å². The van der Waals surface area contributed by atoms with Crippen LogP contribution in [0, 0.1) is 0 Å². The van der Waals surface area contributed by atoms with E-state index in [2.05, 4.69) is 15.3 Å². The zero-order valence-electron chi connectivity index (χ0n) is 7.40. The van der Waals surface area contributed by atoms with Gasteiger partial charge in [0.2, 0.25) is 5.91 Å². The molecule has 1 amide bonds. The van der Waals surface area contributed by atoms with Gasteiger partial charge in [-0.1, -0.05) is 6.92 Å². The van der Waals surface area contributed by atoms with Crippen LogP contribution < -0.4 is 11.1 Å². The van der Waals surface area contributed by atoms with Crippen LogP contribution in [-0.4, -0.2) is 21.9 Å². The zero-order chi connectivity index (χ0) is 9.68. The Kier molecular flexibility index (Phi) is 3.33. The lowest BCUT2D eigenvalue weighted by molar-refractivity contribution is -0.117. The van der Waals surface area contributed by atoms with Crippen LogP contribution in [0.5, 0.6) is 0 Å². The lowest BCUT2D eigenvalue weighted by Crippen LogP contribution is -2.34. The van der Waals surface area contributed by atoms with Crippen LogP contribution in [0.15, 0.2) is 18.7 Å². The summed E-state index contributed by atoms with van der Waals surface area (Å²) >= 11 is 0. The van der Waals surface area contributed by atoms with Crippen molar-refractivity contribution >= 4 is 11.6 Å². The van der Waals surface area contributed by atoms with Crippen molar-refractivity contribution in [2.24, 2.45) is 5.73 Å². The lowest BCUT2D eigenvalue weighted by atomic mass is 10.2. The Morgan fingerprint density at radius 2 is 2.23 bits per heavy atom. The smallest absolute Gasteiger partial charge is 0.241 e. The van der Waals surface area contributed by atoms with E-state index in [0.717, 1.165) is 0 Å². The maximum absolute atomic E-state index is 11.3. The number of nitrogens with zero attached hydrogens (tertiary/aromatic N) is 2. The van der Waals surface area contributed by atoms with Crippen LogP contribution in [0.3, 0.4) is 0 Å². The van der Waals surface area contributed by atoms with Gasteiger partial charge in [-0.3, -0.25) is 4.79 Å². The predicted octanol–water partition coefficient (Wildman–Crippen LogP) is 0.152. The molecule has 0 saturated heterocycles. The van der Waals surface area contributed by atoms with Gasteiger partial charge in [-0.15, -0.1) is 0 Å². The molecule has 1 aromatic heterocycles. The highest BCUT2D eigenvalue weighted by molar-refractivity contribution is 5.94. The second-order valence-corrected chi connectivity index (χ2v) is 2.63. The standard InChI is InChI=1S/C8H12N4O/c1-2-7(9)8(13)12-6-3-10-5-11-4-6/h3-5,7H,2,9H2,1H3,(H,12,13)/t7-/m1/s1. The summed E-state index contributed by atoms with van der Waals surface area (Å²) in [7, 11) is 0. The van der Waals surface area contributed by atoms with E-state index in [9.17, 15) is 4.79 Å². The van der Waals surface area contributed by atoms with Gasteiger partial charge in [-0.2, -0.15) is 0 Å². The number of anilines is 1. The molecule has 0 aromatic carbocycles. The molecule has 3 N–H and O–H groups in total. The number of hydrogen-bond donors (Lipinski definition) is 2. The van der Waals surface area contributed by atoms with E-state index in [1.165, 1.54) is 18.7 Å². The quantitative estimate of drug-likeness (QED) is 0.694. The molecule has 1 atom stereocenters. The van der Waals surface area contributed by atoms with Crippen molar-refractivity contribution < 1.29 is 4.79 Å². The van der Waals surface area contributed by atoms with Crippen molar-refractivity contribution in [3.63, 3.8) is 0 Å². The van der Waals surface area contributed by atoms with E-state index >= 15 is 0 Å². The minimum Gasteiger partial charge on any atom is -0.322 e. The Morgan fingerprint density at radius 3 is 2.77 bits per heavy atom. The zero-order valence-corrected chi connectivity index (χ0v) is 7.40. The Hall–Kier alpha value is -1.49. The van der Waals surface area contributed by atoms with Gasteiger partial charge in [-0.05, 0) is 6.42 Å². The van der Waals surface area contributed by atoms with Crippen molar-refractivity contribution in [3.8, 4) is 0 Å². The minimum absolute atomic E-state index is 0.211. The van der Waals surface area contributed by atoms with Gasteiger partial charge in [-0.25, -0.2) is 9.97 Å². The van der Waals surface area contributed by atoms with Gasteiger partial charge in [0.05, 0.1) is 24.1 Å². The van der Waals surface area contributed by atoms with Gasteiger partial charge in [0.1, 0.15) is 6.33 Å². The summed E-state index contributed by atoms with van der Waals surface area (Å²) in [6.07, 6.45) is 5.05. The molecule has 0 saturated carbocycles. The minimum atomic E-state index is -0.472. The highest BCUT2D eigenvalue weighted by atomic mass is 16.2. The first-order valence-electron chi connectivity index (χ1n) is 4.05. The number of hydrogen-bond acceptors (Lipinski definition) is 4. The fourth-order valence-electron chi connectivity index (χ4n) is 0.784. The van der Waals surface area contributed by atoms with Crippen LogP contribution in [0.1, 0.15) is 13.3 Å². The highest BCUT2D eigenvalue weighted by Gasteiger charge is 2.10. The van der Waals surface area contributed by atoms with Crippen LogP contribution in [-0.2, 0) is 4.79 Å². The van der Waals surface area contributed by atoms with Gasteiger partial charge in [0.15, 0.2) is 0 Å². The van der Waals surface area contributed by atoms with Crippen molar-refractivity contribution in [1.82, 2.24) is 9.97 Å². The molecule has 1 aromatic rings. The molecule has 0 aliphatic rings. The van der Waals surface area contributed by atoms with Crippen molar-refractivity contribution in [3.05, 3.63) is 18.7 Å². The average molecular weight is 180 g/mol. The fraction of sp³-hybridized carbons (Fsp3) is 0.375. The summed E-state index contributed by atoms with van der Waals surface area (Å²) in [6.45, 7) is 1.85. The largest absolute Gasteiger partial charge is 0.322 e. The summed E-state index contributed by atoms with van der Waals surface area (Å²) in [6, 6.07) is -0.472. The first kappa shape index (κ1) is 9.60. The second-order valence-electron chi connectivity index (χ2n) is 2.63. The van der Waals surface area contributed by atoms with Crippen LogP contribution in [0.25, 0.3) is 0 Å². The number of carbonyl (C=O) groups is 1. The lowest BCUT2D eigenvalue weighted by Gasteiger charge is -2.08. The first-order chi connectivity index (χ1) is 6.24. The number of nitrogens with two attached hydrogens (primary N) is 1. The number of amides is 1. The Bertz CT molecular complexity index is 275. The van der Waals surface area contributed by atoms with E-state index < -0.39 is 6.04 Å². The molecule has 0 bridgehead atoms. The van der Waals surface area contributed by atoms with Crippen LogP contribution >= 0.6 is 0 Å². The maximum Gasteiger partial charge on any atom is 0.241 e. The molecule has 5 heteroatoms. The third-order valence-electron chi connectivity index (χ3n) is 1.60. The SMILES string of the molecule is CC[C@@H](N)C(=O)Nc1cncnc1. The Balaban J connectivity index is 2.55. The number of nitrogens with one attached hydrogen (secondary N) is 1. The molecule has 0 aliphatic carbocycles. The topological polar surface area (TPSA) is 80.9 Å². The van der Waals surface area contributed by atoms with E-state index in [-0.39, 0.29) is 5.91 Å². The Morgan fingerprint density at radius 1 is 1.62 bits per heavy atom. The van der Waals surface area contributed by atoms with E-state index in [4.69, 9.17) is 5.73 Å². The molecule has 13 heavy (non-hydrogen) atoms. The third-order valence-corrected chi connectivity index (χ3v) is 1.60. The third kappa shape index (κ3) is 2.79. The second kappa shape index (κ2) is 4.51. The van der Waals surface area contributed by atoms with Gasteiger partial charge in [0.25, 0.3) is 0 Å². The molecule has 70 valence electrons. The molecule has 0 radical (unpaired) electrons. The molecule has 1 heterocycles. The molecule has 0 fully saturated rings. The number of carbonyl (C=O) groups excluding carboxylic acids is 1. The summed E-state index contributed by atoms with van der Waals surface area (Å²) in [5.74, 6) is -0.211. The van der Waals surface area contributed by atoms with Gasteiger partial charge in [0, 0.05) is 0 Å². The molecule has 5 nitrogen and oxygen atoms in total. The van der Waals surface area contributed by atoms with Crippen LogP contribution in [0.2, 0.25) is 0 Å². The summed E-state index contributed by atoms with van der Waals surface area (Å²) in [5.41, 5.74) is 6.08. The summed E-state index contributed by atoms with van der Waals surface area (Å²) < 4.78 is 0. The summed E-state index contributed by atoms with van der Waals surface area (Å²) in [5, 5.41) is 2.60. The monoisotopic (exact) mass is 180 g/mol.